The number of imidazole rings is 1. The van der Waals surface area contributed by atoms with Gasteiger partial charge in [0.05, 0.1) is 23.1 Å². The average molecular weight is 357 g/mol. The van der Waals surface area contributed by atoms with Gasteiger partial charge in [-0.15, -0.1) is 0 Å². The Labute approximate surface area is 149 Å². The molecule has 0 atom stereocenters. The fourth-order valence-electron chi connectivity index (χ4n) is 3.41. The van der Waals surface area contributed by atoms with E-state index in [0.29, 0.717) is 29.7 Å². The Bertz CT molecular complexity index is 936. The average Bonchev–Trinajstić information content (AvgIpc) is 3.22. The predicted octanol–water partition coefficient (Wildman–Crippen LogP) is 2.26. The lowest BCUT2D eigenvalue weighted by molar-refractivity contribution is 0.0629. The molecule has 0 radical (unpaired) electrons. The molecule has 4 rings (SSSR count). The summed E-state index contributed by atoms with van der Waals surface area (Å²) in [6, 6.07) is 2.61. The van der Waals surface area contributed by atoms with Gasteiger partial charge in [-0.1, -0.05) is 5.16 Å². The summed E-state index contributed by atoms with van der Waals surface area (Å²) in [5.41, 5.74) is 3.36. The summed E-state index contributed by atoms with van der Waals surface area (Å²) in [4.78, 5) is 23.9. The molecule has 1 aliphatic rings. The lowest BCUT2D eigenvalue weighted by Crippen LogP contribution is -2.48. The number of hydrogen-bond acceptors (Lipinski definition) is 5. The monoisotopic (exact) mass is 357 g/mol. The van der Waals surface area contributed by atoms with E-state index in [0.717, 1.165) is 36.7 Å². The number of nitrogens with one attached hydrogen (secondary N) is 1. The van der Waals surface area contributed by atoms with Crippen molar-refractivity contribution in [2.24, 2.45) is 0 Å². The van der Waals surface area contributed by atoms with Crippen LogP contribution in [0.4, 0.5) is 4.39 Å². The number of carbonyl (C=O) groups excluding carboxylic acids is 1. The molecule has 2 aromatic heterocycles. The van der Waals surface area contributed by atoms with E-state index in [2.05, 4.69) is 20.0 Å². The quantitative estimate of drug-likeness (QED) is 0.778. The second kappa shape index (κ2) is 6.53. The highest BCUT2D eigenvalue weighted by atomic mass is 19.1. The Morgan fingerprint density at radius 3 is 2.73 bits per heavy atom. The van der Waals surface area contributed by atoms with Crippen LogP contribution >= 0.6 is 0 Å². The van der Waals surface area contributed by atoms with Crippen LogP contribution in [0.2, 0.25) is 0 Å². The van der Waals surface area contributed by atoms with E-state index >= 15 is 0 Å². The highest BCUT2D eigenvalue weighted by Crippen LogP contribution is 2.21. The van der Waals surface area contributed by atoms with E-state index in [9.17, 15) is 9.18 Å². The van der Waals surface area contributed by atoms with Crippen molar-refractivity contribution in [1.29, 1.82) is 0 Å². The van der Waals surface area contributed by atoms with Crippen LogP contribution in [0.1, 0.15) is 27.4 Å². The number of aromatic amines is 1. The van der Waals surface area contributed by atoms with Crippen LogP contribution in [0.3, 0.4) is 0 Å². The third kappa shape index (κ3) is 2.96. The largest absolute Gasteiger partial charge is 0.361 e. The first-order chi connectivity index (χ1) is 12.5. The van der Waals surface area contributed by atoms with Gasteiger partial charge in [-0.05, 0) is 26.0 Å². The third-order valence-corrected chi connectivity index (χ3v) is 4.94. The van der Waals surface area contributed by atoms with E-state index in [1.807, 2.05) is 13.8 Å². The van der Waals surface area contributed by atoms with Gasteiger partial charge < -0.3 is 14.4 Å². The number of nitrogens with zero attached hydrogens (tertiary/aromatic N) is 4. The second-order valence-electron chi connectivity index (χ2n) is 6.62. The normalized spacial score (nSPS) is 15.7. The van der Waals surface area contributed by atoms with E-state index in [-0.39, 0.29) is 5.91 Å². The number of amides is 1. The second-order valence-corrected chi connectivity index (χ2v) is 6.62. The van der Waals surface area contributed by atoms with Gasteiger partial charge >= 0.3 is 0 Å². The van der Waals surface area contributed by atoms with Crippen molar-refractivity contribution in [3.63, 3.8) is 0 Å². The summed E-state index contributed by atoms with van der Waals surface area (Å²) < 4.78 is 19.0. The van der Waals surface area contributed by atoms with Crippen LogP contribution in [0.25, 0.3) is 11.0 Å². The number of piperazine rings is 1. The van der Waals surface area contributed by atoms with Crippen molar-refractivity contribution < 1.29 is 13.7 Å². The Hall–Kier alpha value is -2.74. The van der Waals surface area contributed by atoms with Gasteiger partial charge in [0.1, 0.15) is 17.1 Å². The van der Waals surface area contributed by atoms with Crippen molar-refractivity contribution >= 4 is 16.9 Å². The first kappa shape index (κ1) is 16.7. The van der Waals surface area contributed by atoms with Gasteiger partial charge in [-0.2, -0.15) is 0 Å². The molecule has 136 valence electrons. The van der Waals surface area contributed by atoms with Gasteiger partial charge in [0.15, 0.2) is 0 Å². The highest BCUT2D eigenvalue weighted by Gasteiger charge is 2.25. The molecule has 1 aliphatic heterocycles. The maximum atomic E-state index is 13.8. The third-order valence-electron chi connectivity index (χ3n) is 4.94. The number of aromatic nitrogens is 3. The Morgan fingerprint density at radius 2 is 2.04 bits per heavy atom. The first-order valence-electron chi connectivity index (χ1n) is 8.59. The molecule has 1 N–H and O–H groups in total. The number of rotatable bonds is 3. The van der Waals surface area contributed by atoms with Crippen LogP contribution < -0.4 is 0 Å². The summed E-state index contributed by atoms with van der Waals surface area (Å²) >= 11 is 0. The summed E-state index contributed by atoms with van der Waals surface area (Å²) in [6.07, 6.45) is 1.47. The van der Waals surface area contributed by atoms with Crippen LogP contribution in [-0.4, -0.2) is 57.0 Å². The minimum absolute atomic E-state index is 0.182. The van der Waals surface area contributed by atoms with Gasteiger partial charge in [-0.25, -0.2) is 9.37 Å². The van der Waals surface area contributed by atoms with Crippen molar-refractivity contribution in [1.82, 2.24) is 24.9 Å². The van der Waals surface area contributed by atoms with Crippen LogP contribution in [0, 0.1) is 19.7 Å². The number of carbonyl (C=O) groups is 1. The Balaban J connectivity index is 1.46. The van der Waals surface area contributed by atoms with E-state index in [4.69, 9.17) is 4.52 Å². The molecule has 1 amide bonds. The molecule has 7 nitrogen and oxygen atoms in total. The first-order valence-corrected chi connectivity index (χ1v) is 8.59. The molecule has 0 saturated carbocycles. The summed E-state index contributed by atoms with van der Waals surface area (Å²) in [7, 11) is 0. The van der Waals surface area contributed by atoms with Gasteiger partial charge in [0, 0.05) is 38.3 Å². The number of H-pyrrole nitrogens is 1. The van der Waals surface area contributed by atoms with Crippen LogP contribution in [0.5, 0.6) is 0 Å². The minimum Gasteiger partial charge on any atom is -0.361 e. The topological polar surface area (TPSA) is 78.3 Å². The maximum Gasteiger partial charge on any atom is 0.256 e. The smallest absolute Gasteiger partial charge is 0.256 e. The number of halogens is 1. The maximum absolute atomic E-state index is 13.8. The molecule has 1 aromatic carbocycles. The standard InChI is InChI=1S/C18H20FN5O2/c1-11-15(12(2)26-22-11)9-23-3-5-24(6-4-23)18(25)14-7-13(19)8-16-17(14)21-10-20-16/h7-8,10H,3-6,9H2,1-2H3,(H,20,21). The number of aryl methyl sites for hydroxylation is 2. The van der Waals surface area contributed by atoms with Gasteiger partial charge in [0.2, 0.25) is 0 Å². The number of fused-ring (bicyclic) bond motifs is 1. The molecule has 3 aromatic rings. The van der Waals surface area contributed by atoms with Crippen molar-refractivity contribution in [2.45, 2.75) is 20.4 Å². The molecule has 8 heteroatoms. The molecule has 1 saturated heterocycles. The number of benzene rings is 1. The number of hydrogen-bond donors (Lipinski definition) is 1. The molecule has 26 heavy (non-hydrogen) atoms. The molecule has 0 bridgehead atoms. The zero-order valence-electron chi connectivity index (χ0n) is 14.8. The van der Waals surface area contributed by atoms with Crippen LogP contribution in [-0.2, 0) is 6.54 Å². The van der Waals surface area contributed by atoms with Gasteiger partial charge in [-0.3, -0.25) is 9.69 Å². The minimum atomic E-state index is -0.442. The van der Waals surface area contributed by atoms with E-state index < -0.39 is 5.82 Å². The highest BCUT2D eigenvalue weighted by molar-refractivity contribution is 6.04. The fraction of sp³-hybridized carbons (Fsp3) is 0.389. The zero-order chi connectivity index (χ0) is 18.3. The SMILES string of the molecule is Cc1noc(C)c1CN1CCN(C(=O)c2cc(F)cc3[nH]cnc23)CC1. The molecule has 0 aliphatic carbocycles. The summed E-state index contributed by atoms with van der Waals surface area (Å²) in [5.74, 6) is 0.211. The van der Waals surface area contributed by atoms with Crippen LogP contribution in [0.15, 0.2) is 23.0 Å². The summed E-state index contributed by atoms with van der Waals surface area (Å²) in [6.45, 7) is 7.27. The molecule has 3 heterocycles. The summed E-state index contributed by atoms with van der Waals surface area (Å²) in [5, 5.41) is 3.98. The fourth-order valence-corrected chi connectivity index (χ4v) is 3.41. The van der Waals surface area contributed by atoms with E-state index in [1.165, 1.54) is 18.5 Å². The Morgan fingerprint density at radius 1 is 1.27 bits per heavy atom. The lowest BCUT2D eigenvalue weighted by atomic mass is 10.1. The van der Waals surface area contributed by atoms with Crippen molar-refractivity contribution in [2.75, 3.05) is 26.2 Å². The van der Waals surface area contributed by atoms with E-state index in [1.54, 1.807) is 4.90 Å². The molecular weight excluding hydrogens is 337 g/mol. The van der Waals surface area contributed by atoms with Crippen molar-refractivity contribution in [3.05, 3.63) is 46.9 Å². The predicted molar refractivity (Wildman–Crippen MR) is 93.2 cm³/mol. The molecular formula is C18H20FN5O2. The molecule has 0 spiro atoms. The molecule has 1 fully saturated rings. The van der Waals surface area contributed by atoms with Gasteiger partial charge in [0.25, 0.3) is 5.91 Å². The van der Waals surface area contributed by atoms with Crippen molar-refractivity contribution in [3.8, 4) is 0 Å². The zero-order valence-corrected chi connectivity index (χ0v) is 14.8. The lowest BCUT2D eigenvalue weighted by Gasteiger charge is -2.34. The Kier molecular flexibility index (Phi) is 4.20. The molecule has 0 unspecified atom stereocenters.